The fourth-order valence-electron chi connectivity index (χ4n) is 0.422. The van der Waals surface area contributed by atoms with Crippen molar-refractivity contribution in [3.63, 3.8) is 0 Å². The van der Waals surface area contributed by atoms with Crippen LogP contribution in [0.2, 0.25) is 0 Å². The summed E-state index contributed by atoms with van der Waals surface area (Å²) in [5.74, 6) is -0.200. The second-order valence-corrected chi connectivity index (χ2v) is 2.19. The van der Waals surface area contributed by atoms with Gasteiger partial charge in [-0.25, -0.2) is 4.79 Å². The quantitative estimate of drug-likeness (QED) is 0.298. The van der Waals surface area contributed by atoms with Crippen molar-refractivity contribution in [2.45, 2.75) is 0 Å². The number of allylic oxidation sites excluding steroid dienone is 2. The van der Waals surface area contributed by atoms with Crippen LogP contribution in [0.3, 0.4) is 0 Å². The molecule has 0 radical (unpaired) electrons. The number of hydrogen-bond donors (Lipinski definition) is 0. The minimum atomic E-state index is -0.435. The molecule has 62 valence electrons. The fourth-order valence-corrected chi connectivity index (χ4v) is 0.751. The topological polar surface area (TPSA) is 26.3 Å². The van der Waals surface area contributed by atoms with Gasteiger partial charge in [0.15, 0.2) is 0 Å². The van der Waals surface area contributed by atoms with E-state index < -0.39 is 5.97 Å². The number of ether oxygens (including phenoxy) is 1. The van der Waals surface area contributed by atoms with Gasteiger partial charge in [0.2, 0.25) is 0 Å². The van der Waals surface area contributed by atoms with Gasteiger partial charge in [-0.15, -0.1) is 11.6 Å². The first-order valence-electron chi connectivity index (χ1n) is 2.85. The normalized spacial score (nSPS) is 12.1. The molecule has 0 heterocycles. The predicted octanol–water partition coefficient (Wildman–Crippen LogP) is 2.08. The van der Waals surface area contributed by atoms with Crippen molar-refractivity contribution in [3.8, 4) is 0 Å². The van der Waals surface area contributed by atoms with Gasteiger partial charge in [-0.3, -0.25) is 0 Å². The molecular formula is C7H8Cl2O2. The Balaban J connectivity index is 4.22. The third kappa shape index (κ3) is 4.87. The molecule has 0 fully saturated rings. The standard InChI is InChI=1S/C7H8Cl2O2/c1-11-7(10)4-6(5-9)2-3-8/h2-4H,5H2,1H3. The van der Waals surface area contributed by atoms with Crippen molar-refractivity contribution in [1.29, 1.82) is 0 Å². The van der Waals surface area contributed by atoms with Gasteiger partial charge in [-0.05, 0) is 11.6 Å². The summed E-state index contributed by atoms with van der Waals surface area (Å²) in [7, 11) is 1.30. The number of halogens is 2. The molecule has 0 aromatic rings. The monoisotopic (exact) mass is 194 g/mol. The molecule has 0 aliphatic rings. The van der Waals surface area contributed by atoms with Crippen LogP contribution in [-0.4, -0.2) is 19.0 Å². The Morgan fingerprint density at radius 2 is 2.27 bits per heavy atom. The molecule has 0 amide bonds. The lowest BCUT2D eigenvalue weighted by Gasteiger charge is -1.93. The number of alkyl halides is 1. The minimum Gasteiger partial charge on any atom is -0.466 e. The van der Waals surface area contributed by atoms with Gasteiger partial charge in [-0.1, -0.05) is 11.6 Å². The summed E-state index contributed by atoms with van der Waals surface area (Å²) in [6, 6.07) is 0. The third-order valence-corrected chi connectivity index (χ3v) is 1.37. The van der Waals surface area contributed by atoms with Crippen LogP contribution >= 0.6 is 23.2 Å². The number of rotatable bonds is 3. The molecule has 0 atom stereocenters. The minimum absolute atomic E-state index is 0.234. The van der Waals surface area contributed by atoms with Crippen LogP contribution in [0, 0.1) is 0 Å². The highest BCUT2D eigenvalue weighted by Crippen LogP contribution is 2.01. The van der Waals surface area contributed by atoms with E-state index in [9.17, 15) is 4.79 Å². The SMILES string of the molecule is COC(=O)C=C(C=CCl)CCl. The summed E-state index contributed by atoms with van der Waals surface area (Å²) >= 11 is 10.7. The predicted molar refractivity (Wildman–Crippen MR) is 45.8 cm³/mol. The van der Waals surface area contributed by atoms with E-state index in [-0.39, 0.29) is 5.88 Å². The Morgan fingerprint density at radius 1 is 1.64 bits per heavy atom. The zero-order valence-corrected chi connectivity index (χ0v) is 7.52. The zero-order valence-electron chi connectivity index (χ0n) is 6.01. The molecule has 4 heteroatoms. The van der Waals surface area contributed by atoms with Gasteiger partial charge >= 0.3 is 5.97 Å². The lowest BCUT2D eigenvalue weighted by atomic mass is 10.3. The number of carbonyl (C=O) groups is 1. The van der Waals surface area contributed by atoms with Crippen molar-refractivity contribution in [2.24, 2.45) is 0 Å². The molecule has 0 saturated heterocycles. The van der Waals surface area contributed by atoms with E-state index in [4.69, 9.17) is 23.2 Å². The number of hydrogen-bond acceptors (Lipinski definition) is 2. The molecule has 11 heavy (non-hydrogen) atoms. The summed E-state index contributed by atoms with van der Waals surface area (Å²) in [6.07, 6.45) is 2.82. The maximum atomic E-state index is 10.6. The Kier molecular flexibility index (Phi) is 5.99. The zero-order chi connectivity index (χ0) is 8.69. The smallest absolute Gasteiger partial charge is 0.330 e. The van der Waals surface area contributed by atoms with Crippen LogP contribution in [0.5, 0.6) is 0 Å². The van der Waals surface area contributed by atoms with Crippen molar-refractivity contribution < 1.29 is 9.53 Å². The van der Waals surface area contributed by atoms with Gasteiger partial charge in [0.05, 0.1) is 7.11 Å². The van der Waals surface area contributed by atoms with E-state index in [0.29, 0.717) is 5.57 Å². The molecule has 0 aromatic carbocycles. The fraction of sp³-hybridized carbons (Fsp3) is 0.286. The average molecular weight is 195 g/mol. The number of esters is 1. The molecule has 0 aromatic heterocycles. The first kappa shape index (κ1) is 10.5. The maximum absolute atomic E-state index is 10.6. The van der Waals surface area contributed by atoms with Gasteiger partial charge in [-0.2, -0.15) is 0 Å². The highest BCUT2D eigenvalue weighted by atomic mass is 35.5. The van der Waals surface area contributed by atoms with E-state index in [1.807, 2.05) is 0 Å². The van der Waals surface area contributed by atoms with E-state index >= 15 is 0 Å². The van der Waals surface area contributed by atoms with Gasteiger partial charge in [0.25, 0.3) is 0 Å². The van der Waals surface area contributed by atoms with Crippen LogP contribution in [0.1, 0.15) is 0 Å². The number of methoxy groups -OCH3 is 1. The van der Waals surface area contributed by atoms with Crippen LogP contribution < -0.4 is 0 Å². The van der Waals surface area contributed by atoms with E-state index in [1.165, 1.54) is 24.8 Å². The molecule has 0 aliphatic carbocycles. The molecule has 0 rings (SSSR count). The van der Waals surface area contributed by atoms with Gasteiger partial charge < -0.3 is 4.74 Å². The second kappa shape index (κ2) is 6.25. The molecule has 0 unspecified atom stereocenters. The van der Waals surface area contributed by atoms with Crippen molar-refractivity contribution >= 4 is 29.2 Å². The van der Waals surface area contributed by atoms with Crippen molar-refractivity contribution in [3.05, 3.63) is 23.3 Å². The second-order valence-electron chi connectivity index (χ2n) is 1.67. The molecule has 0 spiro atoms. The Hall–Kier alpha value is -0.470. The molecular weight excluding hydrogens is 187 g/mol. The molecule has 0 saturated carbocycles. The van der Waals surface area contributed by atoms with Crippen LogP contribution in [-0.2, 0) is 9.53 Å². The molecule has 0 N–H and O–H groups in total. The van der Waals surface area contributed by atoms with Crippen LogP contribution in [0.15, 0.2) is 23.3 Å². The van der Waals surface area contributed by atoms with E-state index in [0.717, 1.165) is 0 Å². The van der Waals surface area contributed by atoms with E-state index in [1.54, 1.807) is 0 Å². The molecule has 0 bridgehead atoms. The Morgan fingerprint density at radius 3 is 2.64 bits per heavy atom. The molecule has 0 aliphatic heterocycles. The Bertz CT molecular complexity index is 185. The summed E-state index contributed by atoms with van der Waals surface area (Å²) in [4.78, 5) is 10.6. The van der Waals surface area contributed by atoms with Crippen LogP contribution in [0.25, 0.3) is 0 Å². The van der Waals surface area contributed by atoms with Gasteiger partial charge in [0, 0.05) is 17.5 Å². The maximum Gasteiger partial charge on any atom is 0.330 e. The first-order chi connectivity index (χ1) is 5.24. The van der Waals surface area contributed by atoms with Crippen molar-refractivity contribution in [2.75, 3.05) is 13.0 Å². The summed E-state index contributed by atoms with van der Waals surface area (Å²) in [6.45, 7) is 0. The lowest BCUT2D eigenvalue weighted by Crippen LogP contribution is -1.96. The summed E-state index contributed by atoms with van der Waals surface area (Å²) < 4.78 is 4.38. The lowest BCUT2D eigenvalue weighted by molar-refractivity contribution is -0.134. The van der Waals surface area contributed by atoms with Crippen molar-refractivity contribution in [1.82, 2.24) is 0 Å². The summed E-state index contributed by atoms with van der Waals surface area (Å²) in [5.41, 5.74) is 1.91. The number of carbonyl (C=O) groups excluding carboxylic acids is 1. The highest BCUT2D eigenvalue weighted by molar-refractivity contribution is 6.26. The summed E-state index contributed by atoms with van der Waals surface area (Å²) in [5, 5.41) is 0. The first-order valence-corrected chi connectivity index (χ1v) is 3.83. The average Bonchev–Trinajstić information content (AvgIpc) is 2.03. The largest absolute Gasteiger partial charge is 0.466 e. The third-order valence-electron chi connectivity index (χ3n) is 0.936. The van der Waals surface area contributed by atoms with E-state index in [2.05, 4.69) is 4.74 Å². The Labute approximate surface area is 75.4 Å². The highest BCUT2D eigenvalue weighted by Gasteiger charge is 1.95. The van der Waals surface area contributed by atoms with Crippen LogP contribution in [0.4, 0.5) is 0 Å². The molecule has 2 nitrogen and oxygen atoms in total. The van der Waals surface area contributed by atoms with Gasteiger partial charge in [0.1, 0.15) is 0 Å².